The Morgan fingerprint density at radius 1 is 1.06 bits per heavy atom. The van der Waals surface area contributed by atoms with Gasteiger partial charge in [-0.1, -0.05) is 61.9 Å². The Balaban J connectivity index is 1.63. The van der Waals surface area contributed by atoms with E-state index in [1.54, 1.807) is 0 Å². The lowest BCUT2D eigenvalue weighted by atomic mass is 9.98. The topological polar surface area (TPSA) is 105 Å². The Bertz CT molecular complexity index is 915. The molecule has 2 aromatic rings. The van der Waals surface area contributed by atoms with Gasteiger partial charge in [-0.2, -0.15) is 0 Å². The molecule has 3 rings (SSSR count). The molecular formula is C23H26N2O6. The van der Waals surface area contributed by atoms with Gasteiger partial charge >= 0.3 is 12.1 Å². The number of carbonyl (C=O) groups excluding carboxylic acids is 2. The van der Waals surface area contributed by atoms with Crippen molar-refractivity contribution in [1.29, 1.82) is 0 Å². The second-order valence-electron chi connectivity index (χ2n) is 7.31. The average molecular weight is 426 g/mol. The first-order valence-electron chi connectivity index (χ1n) is 10.2. The molecule has 31 heavy (non-hydrogen) atoms. The normalized spacial score (nSPS) is 13.1. The SMILES string of the molecule is CCC[C@@H](NC(=O)OCC1c2ccccc2-c2ccccc21)C(=O)N(C)OCC(=O)O. The Morgan fingerprint density at radius 2 is 1.65 bits per heavy atom. The third-order valence-corrected chi connectivity index (χ3v) is 5.20. The van der Waals surface area contributed by atoms with Gasteiger partial charge in [-0.3, -0.25) is 9.63 Å². The molecular weight excluding hydrogens is 400 g/mol. The van der Waals surface area contributed by atoms with Crippen LogP contribution in [0.15, 0.2) is 48.5 Å². The summed E-state index contributed by atoms with van der Waals surface area (Å²) in [6.45, 7) is 1.36. The van der Waals surface area contributed by atoms with Gasteiger partial charge in [-0.15, -0.1) is 0 Å². The largest absolute Gasteiger partial charge is 0.479 e. The van der Waals surface area contributed by atoms with Crippen molar-refractivity contribution in [2.45, 2.75) is 31.7 Å². The number of hydrogen-bond donors (Lipinski definition) is 2. The molecule has 0 saturated heterocycles. The van der Waals surface area contributed by atoms with Crippen LogP contribution in [0.5, 0.6) is 0 Å². The van der Waals surface area contributed by atoms with Crippen LogP contribution in [-0.4, -0.2) is 54.4 Å². The molecule has 8 heteroatoms. The summed E-state index contributed by atoms with van der Waals surface area (Å²) in [6.07, 6.45) is 0.289. The third-order valence-electron chi connectivity index (χ3n) is 5.20. The van der Waals surface area contributed by atoms with Crippen molar-refractivity contribution in [1.82, 2.24) is 10.4 Å². The maximum absolute atomic E-state index is 12.5. The number of hydroxylamine groups is 2. The summed E-state index contributed by atoms with van der Waals surface area (Å²) in [7, 11) is 1.31. The fourth-order valence-corrected chi connectivity index (χ4v) is 3.76. The summed E-state index contributed by atoms with van der Waals surface area (Å²) < 4.78 is 5.49. The van der Waals surface area contributed by atoms with Gasteiger partial charge in [0.25, 0.3) is 5.91 Å². The number of amides is 2. The number of rotatable bonds is 9. The quantitative estimate of drug-likeness (QED) is 0.597. The van der Waals surface area contributed by atoms with Crippen LogP contribution in [0.4, 0.5) is 4.79 Å². The van der Waals surface area contributed by atoms with Gasteiger partial charge in [0.15, 0.2) is 6.61 Å². The number of alkyl carbamates (subject to hydrolysis) is 1. The van der Waals surface area contributed by atoms with Crippen molar-refractivity contribution >= 4 is 18.0 Å². The standard InChI is InChI=1S/C23H26N2O6/c1-3-8-20(22(28)25(2)31-14-21(26)27)24-23(29)30-13-19-17-11-6-4-9-15(17)16-10-5-7-12-18(16)19/h4-7,9-12,19-20H,3,8,13-14H2,1-2H3,(H,24,29)(H,26,27)/t20-/m1/s1. The molecule has 0 spiro atoms. The first-order chi connectivity index (χ1) is 14.9. The number of carbonyl (C=O) groups is 3. The van der Waals surface area contributed by atoms with Crippen molar-refractivity contribution < 1.29 is 29.1 Å². The molecule has 164 valence electrons. The second-order valence-corrected chi connectivity index (χ2v) is 7.31. The molecule has 2 aromatic carbocycles. The molecule has 0 aliphatic heterocycles. The number of fused-ring (bicyclic) bond motifs is 3. The van der Waals surface area contributed by atoms with E-state index in [2.05, 4.69) is 17.4 Å². The van der Waals surface area contributed by atoms with Crippen LogP contribution in [-0.2, 0) is 19.2 Å². The zero-order valence-electron chi connectivity index (χ0n) is 17.5. The van der Waals surface area contributed by atoms with Crippen LogP contribution >= 0.6 is 0 Å². The number of benzene rings is 2. The van der Waals surface area contributed by atoms with E-state index < -0.39 is 30.6 Å². The van der Waals surface area contributed by atoms with E-state index in [1.165, 1.54) is 7.05 Å². The molecule has 0 aromatic heterocycles. The first kappa shape index (κ1) is 22.3. The lowest BCUT2D eigenvalue weighted by Gasteiger charge is -2.23. The molecule has 2 amide bonds. The molecule has 1 atom stereocenters. The summed E-state index contributed by atoms with van der Waals surface area (Å²) in [4.78, 5) is 40.5. The summed E-state index contributed by atoms with van der Waals surface area (Å²) >= 11 is 0. The summed E-state index contributed by atoms with van der Waals surface area (Å²) in [5.41, 5.74) is 4.45. The highest BCUT2D eigenvalue weighted by Crippen LogP contribution is 2.44. The predicted molar refractivity (Wildman–Crippen MR) is 113 cm³/mol. The number of nitrogens with zero attached hydrogens (tertiary/aromatic N) is 1. The highest BCUT2D eigenvalue weighted by Gasteiger charge is 2.30. The lowest BCUT2D eigenvalue weighted by Crippen LogP contribution is -2.48. The molecule has 0 heterocycles. The van der Waals surface area contributed by atoms with Crippen LogP contribution in [0.1, 0.15) is 36.8 Å². The van der Waals surface area contributed by atoms with Crippen LogP contribution in [0, 0.1) is 0 Å². The fourth-order valence-electron chi connectivity index (χ4n) is 3.76. The first-order valence-corrected chi connectivity index (χ1v) is 10.2. The number of aliphatic carboxylic acids is 1. The van der Waals surface area contributed by atoms with E-state index in [0.717, 1.165) is 27.3 Å². The molecule has 0 unspecified atom stereocenters. The van der Waals surface area contributed by atoms with Gasteiger partial charge in [0.1, 0.15) is 12.6 Å². The van der Waals surface area contributed by atoms with Crippen molar-refractivity contribution in [3.63, 3.8) is 0 Å². The van der Waals surface area contributed by atoms with Crippen LogP contribution < -0.4 is 5.32 Å². The van der Waals surface area contributed by atoms with E-state index in [4.69, 9.17) is 14.7 Å². The lowest BCUT2D eigenvalue weighted by molar-refractivity contribution is -0.187. The van der Waals surface area contributed by atoms with Crippen molar-refractivity contribution in [2.75, 3.05) is 20.3 Å². The number of carboxylic acids is 1. The van der Waals surface area contributed by atoms with Gasteiger partial charge in [0.2, 0.25) is 0 Å². The Morgan fingerprint density at radius 3 is 2.19 bits per heavy atom. The summed E-state index contributed by atoms with van der Waals surface area (Å²) in [5, 5.41) is 12.1. The van der Waals surface area contributed by atoms with Crippen molar-refractivity contribution in [2.24, 2.45) is 0 Å². The third kappa shape index (κ3) is 5.21. The van der Waals surface area contributed by atoms with E-state index in [1.807, 2.05) is 43.3 Å². The highest BCUT2D eigenvalue weighted by molar-refractivity contribution is 5.85. The van der Waals surface area contributed by atoms with Crippen molar-refractivity contribution in [3.8, 4) is 11.1 Å². The smallest absolute Gasteiger partial charge is 0.407 e. The molecule has 2 N–H and O–H groups in total. The van der Waals surface area contributed by atoms with Gasteiger partial charge in [-0.25, -0.2) is 14.7 Å². The molecule has 1 aliphatic carbocycles. The Hall–Kier alpha value is -3.39. The zero-order valence-corrected chi connectivity index (χ0v) is 17.5. The number of likely N-dealkylation sites (N-methyl/N-ethyl adjacent to an activating group) is 1. The van der Waals surface area contributed by atoms with Gasteiger partial charge < -0.3 is 15.2 Å². The molecule has 1 aliphatic rings. The van der Waals surface area contributed by atoms with Gasteiger partial charge in [-0.05, 0) is 28.7 Å². The summed E-state index contributed by atoms with van der Waals surface area (Å²) in [6, 6.07) is 15.2. The van der Waals surface area contributed by atoms with Gasteiger partial charge in [0, 0.05) is 13.0 Å². The maximum atomic E-state index is 12.5. The molecule has 0 fully saturated rings. The number of hydrogen-bond acceptors (Lipinski definition) is 5. The Labute approximate surface area is 180 Å². The average Bonchev–Trinajstić information content (AvgIpc) is 3.09. The number of nitrogens with one attached hydrogen (secondary N) is 1. The highest BCUT2D eigenvalue weighted by atomic mass is 16.7. The number of carboxylic acid groups (broad SMARTS) is 1. The van der Waals surface area contributed by atoms with Crippen LogP contribution in [0.2, 0.25) is 0 Å². The van der Waals surface area contributed by atoms with Crippen molar-refractivity contribution in [3.05, 3.63) is 59.7 Å². The minimum atomic E-state index is -1.20. The molecule has 0 saturated carbocycles. The molecule has 0 bridgehead atoms. The minimum absolute atomic E-state index is 0.0833. The summed E-state index contributed by atoms with van der Waals surface area (Å²) in [5.74, 6) is -1.83. The minimum Gasteiger partial charge on any atom is -0.479 e. The van der Waals surface area contributed by atoms with Crippen LogP contribution in [0.3, 0.4) is 0 Å². The monoisotopic (exact) mass is 426 g/mol. The Kier molecular flexibility index (Phi) is 7.25. The van der Waals surface area contributed by atoms with E-state index >= 15 is 0 Å². The van der Waals surface area contributed by atoms with E-state index in [0.29, 0.717) is 12.8 Å². The van der Waals surface area contributed by atoms with E-state index in [-0.39, 0.29) is 12.5 Å². The maximum Gasteiger partial charge on any atom is 0.407 e. The van der Waals surface area contributed by atoms with Gasteiger partial charge in [0.05, 0.1) is 0 Å². The van der Waals surface area contributed by atoms with Crippen LogP contribution in [0.25, 0.3) is 11.1 Å². The molecule has 8 nitrogen and oxygen atoms in total. The number of ether oxygens (including phenoxy) is 1. The zero-order chi connectivity index (χ0) is 22.4. The fraction of sp³-hybridized carbons (Fsp3) is 0.348. The second kappa shape index (κ2) is 10.1. The molecule has 0 radical (unpaired) electrons. The predicted octanol–water partition coefficient (Wildman–Crippen LogP) is 3.17. The van der Waals surface area contributed by atoms with E-state index in [9.17, 15) is 14.4 Å².